The molecule has 0 aliphatic heterocycles. The van der Waals surface area contributed by atoms with E-state index < -0.39 is 18.1 Å². The molecule has 0 heterocycles. The van der Waals surface area contributed by atoms with Crippen LogP contribution in [0.4, 0.5) is 0 Å². The van der Waals surface area contributed by atoms with Crippen LogP contribution in [0.5, 0.6) is 0 Å². The molecule has 1 nitrogen and oxygen atoms in total. The molecule has 0 fully saturated rings. The van der Waals surface area contributed by atoms with Crippen molar-refractivity contribution in [1.29, 1.82) is 0 Å². The summed E-state index contributed by atoms with van der Waals surface area (Å²) in [6.45, 7) is 10.9. The summed E-state index contributed by atoms with van der Waals surface area (Å²) in [4.78, 5) is 0. The highest BCUT2D eigenvalue weighted by Gasteiger charge is 2.22. The summed E-state index contributed by atoms with van der Waals surface area (Å²) in [7, 11) is -2.13. The molecule has 0 aliphatic rings. The van der Waals surface area contributed by atoms with Crippen molar-refractivity contribution in [3.63, 3.8) is 0 Å². The molecular weight excluding hydrogens is 252 g/mol. The van der Waals surface area contributed by atoms with Crippen molar-refractivity contribution in [2.75, 3.05) is 5.88 Å². The lowest BCUT2D eigenvalue weighted by Crippen LogP contribution is -2.33. The molecule has 0 atom stereocenters. The van der Waals surface area contributed by atoms with Gasteiger partial charge in [0.2, 0.25) is 8.32 Å². The highest BCUT2D eigenvalue weighted by Crippen LogP contribution is 2.14. The monoisotopic (exact) mass is 276 g/mol. The first-order valence-corrected chi connectivity index (χ1v) is 10.6. The van der Waals surface area contributed by atoms with E-state index in [0.717, 1.165) is 12.3 Å². The molecule has 0 saturated carbocycles. The molecule has 0 rings (SSSR count). The van der Waals surface area contributed by atoms with Crippen LogP contribution in [0.3, 0.4) is 0 Å². The van der Waals surface area contributed by atoms with Crippen LogP contribution in [0.1, 0.15) is 34.1 Å². The fourth-order valence-corrected chi connectivity index (χ4v) is 8.10. The molecule has 0 radical (unpaired) electrons. The van der Waals surface area contributed by atoms with Gasteiger partial charge < -0.3 is 4.12 Å². The summed E-state index contributed by atoms with van der Waals surface area (Å²) >= 11 is 5.67. The van der Waals surface area contributed by atoms with Crippen molar-refractivity contribution in [3.8, 4) is 0 Å². The van der Waals surface area contributed by atoms with Crippen molar-refractivity contribution in [1.82, 2.24) is 0 Å². The Morgan fingerprint density at radius 2 is 1.69 bits per heavy atom. The number of alkyl halides is 1. The summed E-state index contributed by atoms with van der Waals surface area (Å²) in [6, 6.07) is 1.19. The van der Waals surface area contributed by atoms with Crippen LogP contribution < -0.4 is 0 Å². The first-order chi connectivity index (χ1) is 7.39. The molecule has 4 heteroatoms. The minimum atomic E-state index is -1.73. The molecule has 0 N–H and O–H groups in total. The third kappa shape index (κ3) is 8.33. The van der Waals surface area contributed by atoms with E-state index in [4.69, 9.17) is 15.7 Å². The lowest BCUT2D eigenvalue weighted by atomic mass is 10.4. The molecule has 0 aromatic carbocycles. The fraction of sp³-hybridized carbons (Fsp3) is 0.667. The third-order valence-electron chi connectivity index (χ3n) is 2.09. The average Bonchev–Trinajstić information content (AvgIpc) is 2.09. The number of hydrogen-bond donors (Lipinski definition) is 0. The summed E-state index contributed by atoms with van der Waals surface area (Å²) in [5, 5.41) is 0. The molecule has 0 amide bonds. The Balaban J connectivity index is 4.44. The van der Waals surface area contributed by atoms with Gasteiger partial charge in [-0.1, -0.05) is 22.5 Å². The van der Waals surface area contributed by atoms with Gasteiger partial charge in [-0.3, -0.25) is 0 Å². The Hall–Kier alpha value is 0.164. The number of allylic oxidation sites excluding steroid dienone is 2. The lowest BCUT2D eigenvalue weighted by molar-refractivity contribution is 0.604. The standard InChI is InChI=1S/C12H25ClOSi2/c1-11(2)9-16(5,10-12(3)4)14-15-8-6-7-13/h9-10H,6-8,15H2,1-5H3. The Morgan fingerprint density at radius 1 is 1.19 bits per heavy atom. The van der Waals surface area contributed by atoms with Gasteiger partial charge in [0.05, 0.1) is 0 Å². The van der Waals surface area contributed by atoms with E-state index >= 15 is 0 Å². The van der Waals surface area contributed by atoms with Gasteiger partial charge in [0.25, 0.3) is 0 Å². The second-order valence-corrected chi connectivity index (χ2v) is 10.5. The van der Waals surface area contributed by atoms with E-state index in [2.05, 4.69) is 45.6 Å². The molecular formula is C12H25ClOSi2. The Kier molecular flexibility index (Phi) is 8.37. The number of rotatable bonds is 7. The molecule has 94 valence electrons. The van der Waals surface area contributed by atoms with E-state index in [1.54, 1.807) is 0 Å². The van der Waals surface area contributed by atoms with Gasteiger partial charge in [0, 0.05) is 5.88 Å². The number of halogens is 1. The predicted molar refractivity (Wildman–Crippen MR) is 80.3 cm³/mol. The quantitative estimate of drug-likeness (QED) is 0.391. The first-order valence-electron chi connectivity index (χ1n) is 5.91. The Labute approximate surface area is 109 Å². The molecule has 0 unspecified atom stereocenters. The van der Waals surface area contributed by atoms with E-state index in [1.807, 2.05) is 0 Å². The smallest absolute Gasteiger partial charge is 0.226 e. The second kappa shape index (κ2) is 8.28. The van der Waals surface area contributed by atoms with Gasteiger partial charge in [-0.05, 0) is 46.7 Å². The van der Waals surface area contributed by atoms with Gasteiger partial charge in [0.15, 0.2) is 0 Å². The van der Waals surface area contributed by atoms with Crippen LogP contribution in [-0.2, 0) is 4.12 Å². The molecule has 16 heavy (non-hydrogen) atoms. The van der Waals surface area contributed by atoms with Crippen LogP contribution >= 0.6 is 11.6 Å². The largest absolute Gasteiger partial charge is 0.455 e. The van der Waals surface area contributed by atoms with Crippen molar-refractivity contribution >= 4 is 29.7 Å². The van der Waals surface area contributed by atoms with Crippen molar-refractivity contribution in [2.24, 2.45) is 0 Å². The van der Waals surface area contributed by atoms with E-state index in [0.29, 0.717) is 0 Å². The van der Waals surface area contributed by atoms with Crippen LogP contribution in [0.25, 0.3) is 0 Å². The zero-order valence-electron chi connectivity index (χ0n) is 11.3. The van der Waals surface area contributed by atoms with Crippen molar-refractivity contribution in [2.45, 2.75) is 46.7 Å². The topological polar surface area (TPSA) is 9.23 Å². The maximum atomic E-state index is 6.22. The second-order valence-electron chi connectivity index (χ2n) is 4.87. The van der Waals surface area contributed by atoms with Gasteiger partial charge in [-0.15, -0.1) is 11.6 Å². The van der Waals surface area contributed by atoms with E-state index in [-0.39, 0.29) is 0 Å². The Morgan fingerprint density at radius 3 is 2.06 bits per heavy atom. The van der Waals surface area contributed by atoms with Gasteiger partial charge >= 0.3 is 0 Å². The van der Waals surface area contributed by atoms with Gasteiger partial charge in [0.1, 0.15) is 9.76 Å². The maximum Gasteiger partial charge on any atom is 0.226 e. The van der Waals surface area contributed by atoms with Crippen LogP contribution in [0.15, 0.2) is 22.5 Å². The summed E-state index contributed by atoms with van der Waals surface area (Å²) in [5.41, 5.74) is 7.40. The van der Waals surface area contributed by atoms with Crippen LogP contribution in [0, 0.1) is 0 Å². The zero-order valence-corrected chi connectivity index (χ0v) is 14.4. The first kappa shape index (κ1) is 16.2. The molecule has 0 aromatic heterocycles. The normalized spacial score (nSPS) is 11.9. The lowest BCUT2D eigenvalue weighted by Gasteiger charge is -2.22. The van der Waals surface area contributed by atoms with E-state index in [9.17, 15) is 0 Å². The highest BCUT2D eigenvalue weighted by atomic mass is 35.5. The van der Waals surface area contributed by atoms with Crippen molar-refractivity contribution < 1.29 is 4.12 Å². The third-order valence-corrected chi connectivity index (χ3v) is 8.75. The summed E-state index contributed by atoms with van der Waals surface area (Å²) in [5.74, 6) is 0.764. The molecule has 0 aliphatic carbocycles. The van der Waals surface area contributed by atoms with Gasteiger partial charge in [-0.25, -0.2) is 0 Å². The summed E-state index contributed by atoms with van der Waals surface area (Å²) in [6.07, 6.45) is 1.10. The predicted octanol–water partition coefficient (Wildman–Crippen LogP) is 3.72. The van der Waals surface area contributed by atoms with Crippen LogP contribution in [-0.4, -0.2) is 24.0 Å². The fourth-order valence-electron chi connectivity index (χ4n) is 1.76. The maximum absolute atomic E-state index is 6.22. The molecule has 0 aromatic rings. The Bertz CT molecular complexity index is 236. The van der Waals surface area contributed by atoms with Crippen LogP contribution in [0.2, 0.25) is 12.6 Å². The number of hydrogen-bond acceptors (Lipinski definition) is 1. The summed E-state index contributed by atoms with van der Waals surface area (Å²) < 4.78 is 6.22. The molecule has 0 spiro atoms. The zero-order chi connectivity index (χ0) is 12.6. The van der Waals surface area contributed by atoms with E-state index in [1.165, 1.54) is 17.2 Å². The minimum absolute atomic E-state index is 0.402. The molecule has 0 bridgehead atoms. The highest BCUT2D eigenvalue weighted by molar-refractivity contribution is 6.85. The minimum Gasteiger partial charge on any atom is -0.455 e. The SMILES string of the molecule is CC(C)=C[Si](C)(C=C(C)C)O[SiH2]CCCCl. The average molecular weight is 277 g/mol. The van der Waals surface area contributed by atoms with Crippen molar-refractivity contribution in [3.05, 3.63) is 22.5 Å². The molecule has 0 saturated heterocycles. The van der Waals surface area contributed by atoms with Gasteiger partial charge in [-0.2, -0.15) is 0 Å².